The molecule has 2 aliphatic rings. The Morgan fingerprint density at radius 2 is 2.06 bits per heavy atom. The summed E-state index contributed by atoms with van der Waals surface area (Å²) in [7, 11) is 0. The van der Waals surface area contributed by atoms with E-state index in [4.69, 9.17) is 4.74 Å². The Balaban J connectivity index is 2.02. The summed E-state index contributed by atoms with van der Waals surface area (Å²) in [4.78, 5) is 24.9. The summed E-state index contributed by atoms with van der Waals surface area (Å²) in [6.45, 7) is 8.16. The van der Waals surface area contributed by atoms with Crippen LogP contribution in [-0.4, -0.2) is 41.1 Å². The summed E-state index contributed by atoms with van der Waals surface area (Å²) in [6, 6.07) is 0. The lowest BCUT2D eigenvalue weighted by molar-refractivity contribution is -0.145. The van der Waals surface area contributed by atoms with E-state index in [-0.39, 0.29) is 11.8 Å². The molecule has 0 aliphatic carbocycles. The summed E-state index contributed by atoms with van der Waals surface area (Å²) in [5, 5.41) is 2.91. The first-order valence-corrected chi connectivity index (χ1v) is 5.83. The van der Waals surface area contributed by atoms with Crippen molar-refractivity contribution in [2.45, 2.75) is 38.0 Å². The van der Waals surface area contributed by atoms with Crippen molar-refractivity contribution in [3.63, 3.8) is 0 Å². The van der Waals surface area contributed by atoms with Gasteiger partial charge in [-0.25, -0.2) is 0 Å². The number of nitrogens with one attached hydrogen (secondary N) is 1. The fourth-order valence-corrected chi connectivity index (χ4v) is 2.36. The van der Waals surface area contributed by atoms with Gasteiger partial charge in [0.15, 0.2) is 0 Å². The molecule has 0 radical (unpaired) electrons. The van der Waals surface area contributed by atoms with Crippen LogP contribution in [0.25, 0.3) is 0 Å². The Morgan fingerprint density at radius 1 is 1.47 bits per heavy atom. The average molecular weight is 238 g/mol. The van der Waals surface area contributed by atoms with Crippen LogP contribution in [-0.2, 0) is 14.3 Å². The molecule has 2 aliphatic heterocycles. The maximum absolute atomic E-state index is 11.7. The van der Waals surface area contributed by atoms with Crippen LogP contribution in [0, 0.1) is 0 Å². The molecule has 1 N–H and O–H groups in total. The largest absolute Gasteiger partial charge is 0.340 e. The van der Waals surface area contributed by atoms with Gasteiger partial charge in [0, 0.05) is 25.9 Å². The molecule has 0 aromatic carbocycles. The van der Waals surface area contributed by atoms with E-state index in [0.29, 0.717) is 25.9 Å². The van der Waals surface area contributed by atoms with Crippen LogP contribution >= 0.6 is 0 Å². The molecule has 1 spiro atoms. The van der Waals surface area contributed by atoms with Gasteiger partial charge in [0.1, 0.15) is 11.3 Å². The molecule has 2 rings (SSSR count). The highest BCUT2D eigenvalue weighted by molar-refractivity contribution is 5.88. The molecule has 0 atom stereocenters. The number of carbonyl (C=O) groups is 2. The molecule has 2 saturated heterocycles. The topological polar surface area (TPSA) is 58.6 Å². The zero-order chi connectivity index (χ0) is 12.7. The van der Waals surface area contributed by atoms with Gasteiger partial charge in [-0.3, -0.25) is 9.59 Å². The van der Waals surface area contributed by atoms with Crippen molar-refractivity contribution >= 4 is 11.8 Å². The molecule has 2 heterocycles. The van der Waals surface area contributed by atoms with Crippen molar-refractivity contribution in [1.82, 2.24) is 10.2 Å². The number of hydrogen-bond acceptors (Lipinski definition) is 3. The summed E-state index contributed by atoms with van der Waals surface area (Å²) in [5.74, 6) is -0.149. The second kappa shape index (κ2) is 3.84. The number of likely N-dealkylation sites (tertiary alicyclic amines) is 1. The third kappa shape index (κ3) is 2.07. The predicted molar refractivity (Wildman–Crippen MR) is 62.0 cm³/mol. The number of amides is 2. The third-order valence-electron chi connectivity index (χ3n) is 3.40. The van der Waals surface area contributed by atoms with Gasteiger partial charge in [0.25, 0.3) is 5.91 Å². The fraction of sp³-hybridized carbons (Fsp3) is 0.667. The Labute approximate surface area is 101 Å². The fourth-order valence-electron chi connectivity index (χ4n) is 2.36. The number of rotatable bonds is 1. The molecule has 0 aromatic rings. The van der Waals surface area contributed by atoms with Crippen LogP contribution in [0.5, 0.6) is 0 Å². The second-order valence-corrected chi connectivity index (χ2v) is 5.09. The first kappa shape index (κ1) is 12.1. The van der Waals surface area contributed by atoms with E-state index in [9.17, 15) is 9.59 Å². The van der Waals surface area contributed by atoms with Crippen LogP contribution in [0.4, 0.5) is 0 Å². The number of hydrogen-bond donors (Lipinski definition) is 1. The molecule has 2 fully saturated rings. The summed E-state index contributed by atoms with van der Waals surface area (Å²) in [5.41, 5.74) is -1.36. The number of piperidine rings is 1. The van der Waals surface area contributed by atoms with Crippen LogP contribution in [0.1, 0.15) is 26.7 Å². The van der Waals surface area contributed by atoms with E-state index in [2.05, 4.69) is 11.9 Å². The SMILES string of the molecule is C=CC(=O)N1CCC2(CC1)NC(=O)C(C)(C)O2. The first-order chi connectivity index (χ1) is 7.88. The molecule has 2 amide bonds. The highest BCUT2D eigenvalue weighted by atomic mass is 16.6. The number of ether oxygens (including phenoxy) is 1. The van der Waals surface area contributed by atoms with Gasteiger partial charge in [0.2, 0.25) is 5.91 Å². The average Bonchev–Trinajstić information content (AvgIpc) is 2.49. The van der Waals surface area contributed by atoms with Crippen molar-refractivity contribution < 1.29 is 14.3 Å². The van der Waals surface area contributed by atoms with E-state index >= 15 is 0 Å². The van der Waals surface area contributed by atoms with Gasteiger partial charge in [-0.2, -0.15) is 0 Å². The van der Waals surface area contributed by atoms with Crippen molar-refractivity contribution in [3.8, 4) is 0 Å². The summed E-state index contributed by atoms with van der Waals surface area (Å²) >= 11 is 0. The summed E-state index contributed by atoms with van der Waals surface area (Å²) in [6.07, 6.45) is 2.57. The van der Waals surface area contributed by atoms with Crippen LogP contribution < -0.4 is 5.32 Å². The maximum Gasteiger partial charge on any atom is 0.253 e. The van der Waals surface area contributed by atoms with Gasteiger partial charge in [0.05, 0.1) is 0 Å². The maximum atomic E-state index is 11.7. The molecule has 0 unspecified atom stereocenters. The Kier molecular flexibility index (Phi) is 2.73. The third-order valence-corrected chi connectivity index (χ3v) is 3.40. The lowest BCUT2D eigenvalue weighted by atomic mass is 10.0. The Bertz CT molecular complexity index is 368. The van der Waals surface area contributed by atoms with Crippen LogP contribution in [0.3, 0.4) is 0 Å². The van der Waals surface area contributed by atoms with Crippen LogP contribution in [0.15, 0.2) is 12.7 Å². The highest BCUT2D eigenvalue weighted by Gasteiger charge is 2.51. The lowest BCUT2D eigenvalue weighted by Gasteiger charge is -2.38. The first-order valence-electron chi connectivity index (χ1n) is 5.83. The van der Waals surface area contributed by atoms with Crippen molar-refractivity contribution in [1.29, 1.82) is 0 Å². The van der Waals surface area contributed by atoms with E-state index in [1.54, 1.807) is 18.7 Å². The zero-order valence-corrected chi connectivity index (χ0v) is 10.3. The van der Waals surface area contributed by atoms with Gasteiger partial charge in [-0.05, 0) is 19.9 Å². The van der Waals surface area contributed by atoms with Gasteiger partial charge in [-0.15, -0.1) is 0 Å². The summed E-state index contributed by atoms with van der Waals surface area (Å²) < 4.78 is 5.83. The van der Waals surface area contributed by atoms with Crippen molar-refractivity contribution in [3.05, 3.63) is 12.7 Å². The van der Waals surface area contributed by atoms with Crippen molar-refractivity contribution in [2.75, 3.05) is 13.1 Å². The zero-order valence-electron chi connectivity index (χ0n) is 10.3. The van der Waals surface area contributed by atoms with E-state index < -0.39 is 11.3 Å². The molecule has 0 bridgehead atoms. The minimum Gasteiger partial charge on any atom is -0.340 e. The number of nitrogens with zero attached hydrogens (tertiary/aromatic N) is 1. The second-order valence-electron chi connectivity index (χ2n) is 5.09. The minimum atomic E-state index is -0.773. The molecule has 94 valence electrons. The van der Waals surface area contributed by atoms with Crippen molar-refractivity contribution in [2.24, 2.45) is 0 Å². The molecule has 0 saturated carbocycles. The highest BCUT2D eigenvalue weighted by Crippen LogP contribution is 2.34. The predicted octanol–water partition coefficient (Wildman–Crippen LogP) is 0.416. The molecule has 5 nitrogen and oxygen atoms in total. The molecule has 5 heteroatoms. The lowest BCUT2D eigenvalue weighted by Crippen LogP contribution is -2.52. The molecule has 17 heavy (non-hydrogen) atoms. The minimum absolute atomic E-state index is 0.0663. The molecular formula is C12H18N2O3. The van der Waals surface area contributed by atoms with E-state index in [1.807, 2.05) is 0 Å². The van der Waals surface area contributed by atoms with Gasteiger partial charge in [-0.1, -0.05) is 6.58 Å². The standard InChI is InChI=1S/C12H18N2O3/c1-4-9(15)14-7-5-12(6-8-14)13-10(16)11(2,3)17-12/h4H,1,5-8H2,2-3H3,(H,13,16). The Morgan fingerprint density at radius 3 is 2.47 bits per heavy atom. The van der Waals surface area contributed by atoms with Gasteiger partial charge < -0.3 is 15.0 Å². The van der Waals surface area contributed by atoms with Gasteiger partial charge >= 0.3 is 0 Å². The van der Waals surface area contributed by atoms with E-state index in [1.165, 1.54) is 6.08 Å². The quantitative estimate of drug-likeness (QED) is 0.673. The van der Waals surface area contributed by atoms with E-state index in [0.717, 1.165) is 0 Å². The normalized spacial score (nSPS) is 25.8. The molecule has 0 aromatic heterocycles. The smallest absolute Gasteiger partial charge is 0.253 e. The number of carbonyl (C=O) groups excluding carboxylic acids is 2. The van der Waals surface area contributed by atoms with Crippen LogP contribution in [0.2, 0.25) is 0 Å². The Hall–Kier alpha value is -1.36. The molecular weight excluding hydrogens is 220 g/mol. The monoisotopic (exact) mass is 238 g/mol.